The van der Waals surface area contributed by atoms with Crippen LogP contribution in [-0.2, 0) is 4.79 Å². The zero-order valence-electron chi connectivity index (χ0n) is 5.92. The van der Waals surface area contributed by atoms with Gasteiger partial charge in [-0.1, -0.05) is 0 Å². The fourth-order valence-electron chi connectivity index (χ4n) is 1.34. The van der Waals surface area contributed by atoms with Gasteiger partial charge in [-0.05, 0) is 19.4 Å². The van der Waals surface area contributed by atoms with Gasteiger partial charge in [-0.2, -0.15) is 0 Å². The summed E-state index contributed by atoms with van der Waals surface area (Å²) in [4.78, 5) is 10.3. The number of aliphatic hydroxyl groups excluding tert-OH is 1. The highest BCUT2D eigenvalue weighted by Crippen LogP contribution is 2.12. The molecule has 2 atom stereocenters. The van der Waals surface area contributed by atoms with E-state index in [-0.39, 0.29) is 18.6 Å². The van der Waals surface area contributed by atoms with Gasteiger partial charge in [0.2, 0.25) is 0 Å². The summed E-state index contributed by atoms with van der Waals surface area (Å²) < 4.78 is 0. The fraction of sp³-hybridized carbons (Fsp3) is 0.857. The summed E-state index contributed by atoms with van der Waals surface area (Å²) in [7, 11) is 0. The largest absolute Gasteiger partial charge is 0.396 e. The van der Waals surface area contributed by atoms with Gasteiger partial charge in [-0.3, -0.25) is 0 Å². The van der Waals surface area contributed by atoms with Gasteiger partial charge < -0.3 is 15.2 Å². The maximum absolute atomic E-state index is 10.3. The molecule has 0 aliphatic carbocycles. The second-order valence-corrected chi connectivity index (χ2v) is 2.69. The summed E-state index contributed by atoms with van der Waals surface area (Å²) in [5, 5.41) is 11.9. The van der Waals surface area contributed by atoms with E-state index in [0.29, 0.717) is 0 Å². The van der Waals surface area contributed by atoms with Crippen molar-refractivity contribution in [3.63, 3.8) is 0 Å². The molecule has 0 aromatic carbocycles. The number of aldehydes is 1. The SMILES string of the molecule is O=CC(CO)C1CCCN1. The molecule has 1 aliphatic heterocycles. The van der Waals surface area contributed by atoms with Crippen molar-refractivity contribution in [2.45, 2.75) is 18.9 Å². The van der Waals surface area contributed by atoms with Crippen molar-refractivity contribution in [3.8, 4) is 0 Å². The number of rotatable bonds is 3. The highest BCUT2D eigenvalue weighted by Gasteiger charge is 2.22. The molecule has 3 heteroatoms. The smallest absolute Gasteiger partial charge is 0.126 e. The van der Waals surface area contributed by atoms with Gasteiger partial charge in [-0.15, -0.1) is 0 Å². The lowest BCUT2D eigenvalue weighted by molar-refractivity contribution is -0.112. The van der Waals surface area contributed by atoms with Crippen LogP contribution in [0, 0.1) is 5.92 Å². The maximum Gasteiger partial charge on any atom is 0.126 e. The summed E-state index contributed by atoms with van der Waals surface area (Å²) >= 11 is 0. The Kier molecular flexibility index (Phi) is 2.83. The molecule has 10 heavy (non-hydrogen) atoms. The first kappa shape index (κ1) is 7.69. The Labute approximate surface area is 60.4 Å². The predicted octanol–water partition coefficient (Wildman–Crippen LogP) is -0.454. The van der Waals surface area contributed by atoms with E-state index >= 15 is 0 Å². The highest BCUT2D eigenvalue weighted by atomic mass is 16.3. The van der Waals surface area contributed by atoms with E-state index < -0.39 is 0 Å². The number of carbonyl (C=O) groups is 1. The number of hydrogen-bond acceptors (Lipinski definition) is 3. The van der Waals surface area contributed by atoms with Crippen LogP contribution < -0.4 is 5.32 Å². The van der Waals surface area contributed by atoms with Crippen LogP contribution >= 0.6 is 0 Å². The van der Waals surface area contributed by atoms with Crippen molar-refractivity contribution in [3.05, 3.63) is 0 Å². The number of carbonyl (C=O) groups excluding carboxylic acids is 1. The quantitative estimate of drug-likeness (QED) is 0.526. The minimum Gasteiger partial charge on any atom is -0.396 e. The molecule has 1 rings (SSSR count). The predicted molar refractivity (Wildman–Crippen MR) is 37.7 cm³/mol. The van der Waals surface area contributed by atoms with Crippen molar-refractivity contribution in [1.29, 1.82) is 0 Å². The minimum absolute atomic E-state index is 0.0266. The second kappa shape index (κ2) is 3.68. The Morgan fingerprint density at radius 2 is 2.60 bits per heavy atom. The Bertz CT molecular complexity index is 110. The molecule has 0 radical (unpaired) electrons. The van der Waals surface area contributed by atoms with Crippen LogP contribution in [0.2, 0.25) is 0 Å². The Morgan fingerprint density at radius 3 is 3.00 bits per heavy atom. The molecule has 0 bridgehead atoms. The van der Waals surface area contributed by atoms with Crippen LogP contribution in [0.25, 0.3) is 0 Å². The standard InChI is InChI=1S/C7H13NO2/c9-4-6(5-10)7-2-1-3-8-7/h4,6-8,10H,1-3,5H2. The molecule has 0 spiro atoms. The minimum atomic E-state index is -0.192. The van der Waals surface area contributed by atoms with Crippen LogP contribution in [0.4, 0.5) is 0 Å². The molecule has 1 aliphatic rings. The average molecular weight is 143 g/mol. The van der Waals surface area contributed by atoms with Gasteiger partial charge in [0, 0.05) is 6.04 Å². The summed E-state index contributed by atoms with van der Waals surface area (Å²) in [6.07, 6.45) is 2.97. The molecule has 2 N–H and O–H groups in total. The van der Waals surface area contributed by atoms with Gasteiger partial charge >= 0.3 is 0 Å². The molecule has 58 valence electrons. The van der Waals surface area contributed by atoms with Gasteiger partial charge in [0.25, 0.3) is 0 Å². The summed E-state index contributed by atoms with van der Waals surface area (Å²) in [5.41, 5.74) is 0. The van der Waals surface area contributed by atoms with Gasteiger partial charge in [0.15, 0.2) is 0 Å². The summed E-state index contributed by atoms with van der Waals surface area (Å²) in [6, 6.07) is 0.225. The molecular weight excluding hydrogens is 130 g/mol. The third-order valence-electron chi connectivity index (χ3n) is 2.00. The number of hydrogen-bond donors (Lipinski definition) is 2. The van der Waals surface area contributed by atoms with Crippen LogP contribution in [0.1, 0.15) is 12.8 Å². The molecule has 3 nitrogen and oxygen atoms in total. The molecule has 1 fully saturated rings. The fourth-order valence-corrected chi connectivity index (χ4v) is 1.34. The zero-order valence-corrected chi connectivity index (χ0v) is 5.92. The first-order valence-corrected chi connectivity index (χ1v) is 3.68. The van der Waals surface area contributed by atoms with Crippen LogP contribution in [0.15, 0.2) is 0 Å². The van der Waals surface area contributed by atoms with E-state index in [0.717, 1.165) is 25.7 Å². The van der Waals surface area contributed by atoms with Crippen LogP contribution in [0.5, 0.6) is 0 Å². The Balaban J connectivity index is 2.36. The topological polar surface area (TPSA) is 49.3 Å². The third-order valence-corrected chi connectivity index (χ3v) is 2.00. The number of aliphatic hydroxyl groups is 1. The van der Waals surface area contributed by atoms with Gasteiger partial charge in [0.05, 0.1) is 12.5 Å². The lowest BCUT2D eigenvalue weighted by Gasteiger charge is -2.14. The monoisotopic (exact) mass is 143 g/mol. The number of nitrogens with one attached hydrogen (secondary N) is 1. The van der Waals surface area contributed by atoms with Crippen molar-refractivity contribution in [2.75, 3.05) is 13.2 Å². The van der Waals surface area contributed by atoms with E-state index in [9.17, 15) is 4.79 Å². The lowest BCUT2D eigenvalue weighted by Crippen LogP contribution is -2.33. The molecule has 1 heterocycles. The Morgan fingerprint density at radius 1 is 1.80 bits per heavy atom. The molecule has 2 unspecified atom stereocenters. The highest BCUT2D eigenvalue weighted by molar-refractivity contribution is 5.55. The van der Waals surface area contributed by atoms with Gasteiger partial charge in [0.1, 0.15) is 6.29 Å². The Hall–Kier alpha value is -0.410. The first-order valence-electron chi connectivity index (χ1n) is 3.68. The molecule has 0 amide bonds. The molecule has 0 aromatic heterocycles. The van der Waals surface area contributed by atoms with E-state index in [1.807, 2.05) is 0 Å². The summed E-state index contributed by atoms with van der Waals surface area (Å²) in [5.74, 6) is -0.192. The van der Waals surface area contributed by atoms with Crippen LogP contribution in [0.3, 0.4) is 0 Å². The van der Waals surface area contributed by atoms with E-state index in [4.69, 9.17) is 5.11 Å². The third kappa shape index (κ3) is 1.55. The van der Waals surface area contributed by atoms with E-state index in [2.05, 4.69) is 5.32 Å². The normalized spacial score (nSPS) is 28.3. The average Bonchev–Trinajstić information content (AvgIpc) is 2.43. The zero-order chi connectivity index (χ0) is 7.40. The van der Waals surface area contributed by atoms with E-state index in [1.54, 1.807) is 0 Å². The van der Waals surface area contributed by atoms with Crippen molar-refractivity contribution in [1.82, 2.24) is 5.32 Å². The molecular formula is C7H13NO2. The van der Waals surface area contributed by atoms with E-state index in [1.165, 1.54) is 0 Å². The van der Waals surface area contributed by atoms with Crippen molar-refractivity contribution < 1.29 is 9.90 Å². The van der Waals surface area contributed by atoms with Crippen molar-refractivity contribution in [2.24, 2.45) is 5.92 Å². The lowest BCUT2D eigenvalue weighted by atomic mass is 10.0. The molecule has 0 aromatic rings. The second-order valence-electron chi connectivity index (χ2n) is 2.69. The first-order chi connectivity index (χ1) is 4.88. The summed E-state index contributed by atoms with van der Waals surface area (Å²) in [6.45, 7) is 0.955. The maximum atomic E-state index is 10.3. The molecule has 1 saturated heterocycles. The van der Waals surface area contributed by atoms with Gasteiger partial charge in [-0.25, -0.2) is 0 Å². The van der Waals surface area contributed by atoms with Crippen molar-refractivity contribution >= 4 is 6.29 Å². The van der Waals surface area contributed by atoms with Crippen LogP contribution in [-0.4, -0.2) is 30.6 Å². The molecule has 0 saturated carbocycles.